The second kappa shape index (κ2) is 8.42. The van der Waals surface area contributed by atoms with Crippen LogP contribution in [0.3, 0.4) is 0 Å². The number of amides is 1. The maximum atomic E-state index is 11.8. The molecule has 4 nitrogen and oxygen atoms in total. The van der Waals surface area contributed by atoms with E-state index in [-0.39, 0.29) is 5.91 Å². The molecule has 0 unspecified atom stereocenters. The van der Waals surface area contributed by atoms with E-state index in [9.17, 15) is 4.79 Å². The van der Waals surface area contributed by atoms with E-state index in [2.05, 4.69) is 10.3 Å². The molecule has 0 saturated carbocycles. The van der Waals surface area contributed by atoms with E-state index in [1.807, 2.05) is 21.6 Å². The minimum Gasteiger partial charge on any atom is -0.481 e. The number of hydrogen-bond donors (Lipinski definition) is 1. The van der Waals surface area contributed by atoms with Gasteiger partial charge in [0.05, 0.1) is 19.0 Å². The van der Waals surface area contributed by atoms with E-state index in [0.29, 0.717) is 12.3 Å². The summed E-state index contributed by atoms with van der Waals surface area (Å²) in [4.78, 5) is 15.8. The summed E-state index contributed by atoms with van der Waals surface area (Å²) in [5.74, 6) is 1.89. The Morgan fingerprint density at radius 2 is 2.40 bits per heavy atom. The molecule has 0 aliphatic carbocycles. The number of nitrogens with one attached hydrogen (secondary N) is 1. The zero-order chi connectivity index (χ0) is 14.2. The lowest BCUT2D eigenvalue weighted by molar-refractivity contribution is -0.116. The highest BCUT2D eigenvalue weighted by Gasteiger charge is 2.15. The maximum Gasteiger partial charge on any atom is 0.224 e. The third-order valence-corrected chi connectivity index (χ3v) is 6.14. The number of unbranched alkanes of at least 4 members (excludes halogenated alkanes) is 1. The Kier molecular flexibility index (Phi) is 6.53. The number of carbonyl (C=O) groups excluding carboxylic acids is 1. The van der Waals surface area contributed by atoms with E-state index in [0.717, 1.165) is 23.8 Å². The van der Waals surface area contributed by atoms with Gasteiger partial charge in [-0.15, -0.1) is 0 Å². The SMILES string of the molecule is COc1ccc(NC(=O)CCCC[C@@H]2CCSS2)cn1. The molecule has 1 fully saturated rings. The Morgan fingerprint density at radius 3 is 3.05 bits per heavy atom. The van der Waals surface area contributed by atoms with E-state index in [4.69, 9.17) is 4.74 Å². The molecule has 20 heavy (non-hydrogen) atoms. The Balaban J connectivity index is 1.61. The van der Waals surface area contributed by atoms with Gasteiger partial charge in [0.2, 0.25) is 11.8 Å². The summed E-state index contributed by atoms with van der Waals surface area (Å²) in [6.45, 7) is 0. The third-order valence-electron chi connectivity index (χ3n) is 3.14. The molecule has 6 heteroatoms. The van der Waals surface area contributed by atoms with Crippen LogP contribution in [0.2, 0.25) is 0 Å². The first-order valence-electron chi connectivity index (χ1n) is 6.86. The lowest BCUT2D eigenvalue weighted by atomic mass is 10.1. The van der Waals surface area contributed by atoms with Gasteiger partial charge in [0, 0.05) is 23.5 Å². The minimum absolute atomic E-state index is 0.0606. The van der Waals surface area contributed by atoms with Gasteiger partial charge in [-0.1, -0.05) is 28.0 Å². The van der Waals surface area contributed by atoms with Crippen LogP contribution < -0.4 is 10.1 Å². The summed E-state index contributed by atoms with van der Waals surface area (Å²) in [6, 6.07) is 3.54. The standard InChI is InChI=1S/C14H20N2O2S2/c1-18-14-7-6-11(10-15-14)16-13(17)5-3-2-4-12-8-9-19-20-12/h6-7,10,12H,2-5,8-9H2,1H3,(H,16,17)/t12-/m1/s1. The molecule has 1 N–H and O–H groups in total. The average molecular weight is 312 g/mol. The molecule has 1 aromatic rings. The van der Waals surface area contributed by atoms with Crippen molar-refractivity contribution in [1.82, 2.24) is 4.98 Å². The van der Waals surface area contributed by atoms with Crippen LogP contribution >= 0.6 is 21.6 Å². The fraction of sp³-hybridized carbons (Fsp3) is 0.571. The molecule has 0 bridgehead atoms. The minimum atomic E-state index is 0.0606. The number of pyridine rings is 1. The van der Waals surface area contributed by atoms with Crippen molar-refractivity contribution in [2.24, 2.45) is 0 Å². The van der Waals surface area contributed by atoms with Gasteiger partial charge in [-0.25, -0.2) is 4.98 Å². The fourth-order valence-corrected chi connectivity index (χ4v) is 5.05. The van der Waals surface area contributed by atoms with Gasteiger partial charge in [0.1, 0.15) is 0 Å². The summed E-state index contributed by atoms with van der Waals surface area (Å²) < 4.78 is 4.97. The van der Waals surface area contributed by atoms with E-state index >= 15 is 0 Å². The maximum absolute atomic E-state index is 11.8. The Hall–Kier alpha value is -0.880. The molecule has 0 radical (unpaired) electrons. The van der Waals surface area contributed by atoms with E-state index < -0.39 is 0 Å². The summed E-state index contributed by atoms with van der Waals surface area (Å²) in [5.41, 5.74) is 0.721. The summed E-state index contributed by atoms with van der Waals surface area (Å²) in [6.07, 6.45) is 6.83. The average Bonchev–Trinajstić information content (AvgIpc) is 2.98. The molecule has 110 valence electrons. The molecule has 1 amide bonds. The molecule has 0 spiro atoms. The third kappa shape index (κ3) is 5.25. The lowest BCUT2D eigenvalue weighted by Crippen LogP contribution is -2.11. The molecule has 1 atom stereocenters. The topological polar surface area (TPSA) is 51.2 Å². The van der Waals surface area contributed by atoms with E-state index in [1.165, 1.54) is 18.6 Å². The normalized spacial score (nSPS) is 17.9. The molecule has 1 aliphatic heterocycles. The van der Waals surface area contributed by atoms with Gasteiger partial charge in [0.25, 0.3) is 0 Å². The van der Waals surface area contributed by atoms with Crippen LogP contribution in [0.5, 0.6) is 5.88 Å². The predicted octanol–water partition coefficient (Wildman–Crippen LogP) is 3.74. The zero-order valence-electron chi connectivity index (χ0n) is 11.6. The summed E-state index contributed by atoms with van der Waals surface area (Å²) in [5, 5.41) is 3.66. The molecule has 2 rings (SSSR count). The highest BCUT2D eigenvalue weighted by molar-refractivity contribution is 8.77. The summed E-state index contributed by atoms with van der Waals surface area (Å²) in [7, 11) is 5.55. The van der Waals surface area contributed by atoms with Crippen LogP contribution in [0, 0.1) is 0 Å². The van der Waals surface area contributed by atoms with E-state index in [1.54, 1.807) is 25.4 Å². The van der Waals surface area contributed by atoms with Crippen molar-refractivity contribution in [3.63, 3.8) is 0 Å². The number of hydrogen-bond acceptors (Lipinski definition) is 5. The van der Waals surface area contributed by atoms with Crippen molar-refractivity contribution in [3.8, 4) is 5.88 Å². The molecule has 2 heterocycles. The molecule has 0 aromatic carbocycles. The molecular weight excluding hydrogens is 292 g/mol. The first kappa shape index (κ1) is 15.5. The van der Waals surface area contributed by atoms with Gasteiger partial charge < -0.3 is 10.1 Å². The van der Waals surface area contributed by atoms with Crippen LogP contribution in [0.1, 0.15) is 32.1 Å². The van der Waals surface area contributed by atoms with Crippen molar-refractivity contribution in [2.75, 3.05) is 18.2 Å². The predicted molar refractivity (Wildman–Crippen MR) is 86.3 cm³/mol. The van der Waals surface area contributed by atoms with Gasteiger partial charge in [-0.05, 0) is 25.3 Å². The van der Waals surface area contributed by atoms with Gasteiger partial charge >= 0.3 is 0 Å². The molecule has 1 aromatic heterocycles. The number of anilines is 1. The largest absolute Gasteiger partial charge is 0.481 e. The number of methoxy groups -OCH3 is 1. The highest BCUT2D eigenvalue weighted by atomic mass is 33.1. The van der Waals surface area contributed by atoms with Crippen molar-refractivity contribution < 1.29 is 9.53 Å². The number of rotatable bonds is 7. The Bertz CT molecular complexity index is 420. The first-order valence-corrected chi connectivity index (χ1v) is 9.24. The van der Waals surface area contributed by atoms with Crippen LogP contribution in [-0.2, 0) is 4.79 Å². The van der Waals surface area contributed by atoms with Crippen LogP contribution in [0.25, 0.3) is 0 Å². The Morgan fingerprint density at radius 1 is 1.50 bits per heavy atom. The number of carbonyl (C=O) groups is 1. The lowest BCUT2D eigenvalue weighted by Gasteiger charge is -2.07. The quantitative estimate of drug-likeness (QED) is 0.614. The smallest absolute Gasteiger partial charge is 0.224 e. The molecule has 1 saturated heterocycles. The monoisotopic (exact) mass is 312 g/mol. The molecular formula is C14H20N2O2S2. The van der Waals surface area contributed by atoms with Gasteiger partial charge in [0.15, 0.2) is 0 Å². The fourth-order valence-electron chi connectivity index (χ4n) is 2.02. The Labute approximate surface area is 127 Å². The van der Waals surface area contributed by atoms with Crippen LogP contribution in [0.15, 0.2) is 18.3 Å². The zero-order valence-corrected chi connectivity index (χ0v) is 13.3. The molecule has 1 aliphatic rings. The first-order chi connectivity index (χ1) is 9.78. The second-order valence-electron chi connectivity index (χ2n) is 4.71. The van der Waals surface area contributed by atoms with Crippen molar-refractivity contribution >= 4 is 33.2 Å². The number of ether oxygens (including phenoxy) is 1. The number of nitrogens with zero attached hydrogens (tertiary/aromatic N) is 1. The van der Waals surface area contributed by atoms with Gasteiger partial charge in [-0.2, -0.15) is 0 Å². The van der Waals surface area contributed by atoms with Crippen molar-refractivity contribution in [3.05, 3.63) is 18.3 Å². The summed E-state index contributed by atoms with van der Waals surface area (Å²) >= 11 is 0. The number of aromatic nitrogens is 1. The van der Waals surface area contributed by atoms with Crippen LogP contribution in [-0.4, -0.2) is 29.0 Å². The van der Waals surface area contributed by atoms with Crippen LogP contribution in [0.4, 0.5) is 5.69 Å². The van der Waals surface area contributed by atoms with Crippen molar-refractivity contribution in [1.29, 1.82) is 0 Å². The highest BCUT2D eigenvalue weighted by Crippen LogP contribution is 2.39. The second-order valence-corrected chi connectivity index (χ2v) is 7.50. The van der Waals surface area contributed by atoms with Gasteiger partial charge in [-0.3, -0.25) is 4.79 Å². The van der Waals surface area contributed by atoms with Crippen molar-refractivity contribution in [2.45, 2.75) is 37.4 Å².